The van der Waals surface area contributed by atoms with Crippen molar-refractivity contribution in [2.75, 3.05) is 18.0 Å². The van der Waals surface area contributed by atoms with E-state index in [4.69, 9.17) is 4.42 Å². The summed E-state index contributed by atoms with van der Waals surface area (Å²) in [7, 11) is 0. The number of nitrogens with zero attached hydrogens (tertiary/aromatic N) is 3. The second-order valence-corrected chi connectivity index (χ2v) is 5.91. The first kappa shape index (κ1) is 15.5. The van der Waals surface area contributed by atoms with Crippen LogP contribution in [0.5, 0.6) is 0 Å². The molecule has 1 saturated heterocycles. The van der Waals surface area contributed by atoms with Gasteiger partial charge in [0.2, 0.25) is 11.8 Å². The Morgan fingerprint density at radius 3 is 2.65 bits per heavy atom. The molecule has 3 rings (SSSR count). The van der Waals surface area contributed by atoms with Crippen LogP contribution in [0.1, 0.15) is 43.7 Å². The van der Waals surface area contributed by atoms with E-state index in [1.54, 1.807) is 0 Å². The number of amides is 1. The molecule has 0 bridgehead atoms. The lowest BCUT2D eigenvalue weighted by atomic mass is 10.1. The Balaban J connectivity index is 1.76. The molecule has 1 fully saturated rings. The number of hydrogen-bond donors (Lipinski definition) is 1. The van der Waals surface area contributed by atoms with Crippen LogP contribution in [0.4, 0.5) is 6.01 Å². The molecule has 1 unspecified atom stereocenters. The summed E-state index contributed by atoms with van der Waals surface area (Å²) in [5.74, 6) is 0.355. The number of benzene rings is 1. The van der Waals surface area contributed by atoms with Crippen LogP contribution in [0.15, 0.2) is 34.7 Å². The summed E-state index contributed by atoms with van der Waals surface area (Å²) in [6.07, 6.45) is 4.18. The zero-order chi connectivity index (χ0) is 16.1. The highest BCUT2D eigenvalue weighted by molar-refractivity contribution is 5.73. The minimum absolute atomic E-state index is 0.108. The zero-order valence-corrected chi connectivity index (χ0v) is 13.4. The SMILES string of the molecule is CC(=O)NC(Cc1ccccc1)c1nnc(N2CCCCC2)o1. The van der Waals surface area contributed by atoms with Crippen molar-refractivity contribution in [3.05, 3.63) is 41.8 Å². The van der Waals surface area contributed by atoms with Crippen LogP contribution in [-0.2, 0) is 11.2 Å². The molecule has 1 aliphatic rings. The third-order valence-corrected chi connectivity index (χ3v) is 4.01. The van der Waals surface area contributed by atoms with E-state index in [1.807, 2.05) is 30.3 Å². The van der Waals surface area contributed by atoms with Gasteiger partial charge in [-0.05, 0) is 24.8 Å². The second-order valence-electron chi connectivity index (χ2n) is 5.91. The molecule has 1 aromatic heterocycles. The molecule has 6 nitrogen and oxygen atoms in total. The summed E-state index contributed by atoms with van der Waals surface area (Å²) < 4.78 is 5.85. The van der Waals surface area contributed by atoms with E-state index in [0.717, 1.165) is 31.5 Å². The van der Waals surface area contributed by atoms with Gasteiger partial charge in [-0.25, -0.2) is 0 Å². The Morgan fingerprint density at radius 2 is 1.96 bits per heavy atom. The average molecular weight is 314 g/mol. The van der Waals surface area contributed by atoms with Crippen molar-refractivity contribution < 1.29 is 9.21 Å². The van der Waals surface area contributed by atoms with E-state index in [-0.39, 0.29) is 11.9 Å². The topological polar surface area (TPSA) is 71.3 Å². The van der Waals surface area contributed by atoms with Gasteiger partial charge >= 0.3 is 6.01 Å². The first-order chi connectivity index (χ1) is 11.2. The summed E-state index contributed by atoms with van der Waals surface area (Å²) in [6.45, 7) is 3.40. The molecule has 1 aliphatic heterocycles. The standard InChI is InChI=1S/C17H22N4O2/c1-13(22)18-15(12-14-8-4-2-5-9-14)16-19-20-17(23-16)21-10-6-3-7-11-21/h2,4-5,8-9,15H,3,6-7,10-12H2,1H3,(H,18,22). The molecule has 0 spiro atoms. The molecule has 2 heterocycles. The molecule has 2 aromatic rings. The van der Waals surface area contributed by atoms with Gasteiger partial charge in [0.15, 0.2) is 0 Å². The van der Waals surface area contributed by atoms with Gasteiger partial charge < -0.3 is 14.6 Å². The first-order valence-corrected chi connectivity index (χ1v) is 8.12. The molecule has 0 aliphatic carbocycles. The summed E-state index contributed by atoms with van der Waals surface area (Å²) in [5, 5.41) is 11.2. The predicted molar refractivity (Wildman–Crippen MR) is 87.1 cm³/mol. The molecule has 23 heavy (non-hydrogen) atoms. The van der Waals surface area contributed by atoms with E-state index >= 15 is 0 Å². The van der Waals surface area contributed by atoms with Crippen molar-refractivity contribution in [1.29, 1.82) is 0 Å². The molecule has 1 N–H and O–H groups in total. The maximum Gasteiger partial charge on any atom is 0.318 e. The highest BCUT2D eigenvalue weighted by atomic mass is 16.4. The predicted octanol–water partition coefficient (Wildman–Crippen LogP) is 2.48. The number of carbonyl (C=O) groups excluding carboxylic acids is 1. The van der Waals surface area contributed by atoms with Crippen molar-refractivity contribution in [3.63, 3.8) is 0 Å². The summed E-state index contributed by atoms with van der Waals surface area (Å²) in [4.78, 5) is 13.6. The largest absolute Gasteiger partial charge is 0.406 e. The Hall–Kier alpha value is -2.37. The molecular weight excluding hydrogens is 292 g/mol. The van der Waals surface area contributed by atoms with Crippen LogP contribution in [0, 0.1) is 0 Å². The van der Waals surface area contributed by atoms with Gasteiger partial charge in [0, 0.05) is 26.4 Å². The molecule has 1 atom stereocenters. The quantitative estimate of drug-likeness (QED) is 0.918. The molecule has 1 amide bonds. The van der Waals surface area contributed by atoms with Crippen LogP contribution in [0.25, 0.3) is 0 Å². The molecule has 6 heteroatoms. The number of carbonyl (C=O) groups is 1. The average Bonchev–Trinajstić information content (AvgIpc) is 3.06. The normalized spacial score (nSPS) is 16.1. The maximum atomic E-state index is 11.5. The van der Waals surface area contributed by atoms with Crippen molar-refractivity contribution in [2.24, 2.45) is 0 Å². The highest BCUT2D eigenvalue weighted by Crippen LogP contribution is 2.23. The van der Waals surface area contributed by atoms with Crippen molar-refractivity contribution in [1.82, 2.24) is 15.5 Å². The number of hydrogen-bond acceptors (Lipinski definition) is 5. The maximum absolute atomic E-state index is 11.5. The molecule has 122 valence electrons. The minimum atomic E-state index is -0.305. The van der Waals surface area contributed by atoms with Gasteiger partial charge in [0.1, 0.15) is 6.04 Å². The fourth-order valence-electron chi connectivity index (χ4n) is 2.88. The minimum Gasteiger partial charge on any atom is -0.406 e. The van der Waals surface area contributed by atoms with Crippen LogP contribution in [-0.4, -0.2) is 29.2 Å². The lowest BCUT2D eigenvalue weighted by Gasteiger charge is -2.24. The van der Waals surface area contributed by atoms with Gasteiger partial charge in [-0.2, -0.15) is 0 Å². The van der Waals surface area contributed by atoms with E-state index in [0.29, 0.717) is 18.3 Å². The first-order valence-electron chi connectivity index (χ1n) is 8.12. The van der Waals surface area contributed by atoms with Gasteiger partial charge in [-0.15, -0.1) is 5.10 Å². The van der Waals surface area contributed by atoms with E-state index in [1.165, 1.54) is 13.3 Å². The van der Waals surface area contributed by atoms with Crippen LogP contribution < -0.4 is 10.2 Å². The Labute approximate surface area is 135 Å². The van der Waals surface area contributed by atoms with Crippen LogP contribution in [0.2, 0.25) is 0 Å². The number of piperidine rings is 1. The summed E-state index contributed by atoms with van der Waals surface area (Å²) in [5.41, 5.74) is 1.11. The van der Waals surface area contributed by atoms with Crippen molar-refractivity contribution in [2.45, 2.75) is 38.6 Å². The van der Waals surface area contributed by atoms with Crippen LogP contribution >= 0.6 is 0 Å². The summed E-state index contributed by atoms with van der Waals surface area (Å²) >= 11 is 0. The van der Waals surface area contributed by atoms with Crippen LogP contribution in [0.3, 0.4) is 0 Å². The Kier molecular flexibility index (Phi) is 4.90. The monoisotopic (exact) mass is 314 g/mol. The highest BCUT2D eigenvalue weighted by Gasteiger charge is 2.23. The second kappa shape index (κ2) is 7.26. The van der Waals surface area contributed by atoms with E-state index in [2.05, 4.69) is 20.4 Å². The van der Waals surface area contributed by atoms with Gasteiger partial charge in [0.05, 0.1) is 0 Å². The van der Waals surface area contributed by atoms with Gasteiger partial charge in [0.25, 0.3) is 0 Å². The van der Waals surface area contributed by atoms with Gasteiger partial charge in [-0.1, -0.05) is 35.4 Å². The fourth-order valence-corrected chi connectivity index (χ4v) is 2.88. The third kappa shape index (κ3) is 4.09. The number of nitrogens with one attached hydrogen (secondary N) is 1. The fraction of sp³-hybridized carbons (Fsp3) is 0.471. The molecule has 0 radical (unpaired) electrons. The Bertz CT molecular complexity index is 635. The lowest BCUT2D eigenvalue weighted by Crippen LogP contribution is -2.29. The molecule has 1 aromatic carbocycles. The molecular formula is C17H22N4O2. The van der Waals surface area contributed by atoms with E-state index in [9.17, 15) is 4.79 Å². The van der Waals surface area contributed by atoms with E-state index < -0.39 is 0 Å². The number of aromatic nitrogens is 2. The summed E-state index contributed by atoms with van der Waals surface area (Å²) in [6, 6.07) is 10.2. The smallest absolute Gasteiger partial charge is 0.318 e. The lowest BCUT2D eigenvalue weighted by molar-refractivity contribution is -0.119. The van der Waals surface area contributed by atoms with Crippen molar-refractivity contribution in [3.8, 4) is 0 Å². The molecule has 0 saturated carbocycles. The number of rotatable bonds is 5. The van der Waals surface area contributed by atoms with Gasteiger partial charge in [-0.3, -0.25) is 4.79 Å². The van der Waals surface area contributed by atoms with Crippen molar-refractivity contribution >= 4 is 11.9 Å². The third-order valence-electron chi connectivity index (χ3n) is 4.01. The Morgan fingerprint density at radius 1 is 1.22 bits per heavy atom. The number of anilines is 1. The zero-order valence-electron chi connectivity index (χ0n) is 13.4.